The zero-order valence-corrected chi connectivity index (χ0v) is 11.2. The highest BCUT2D eigenvalue weighted by atomic mass is 32.2. The molecule has 3 heterocycles. The largest absolute Gasteiger partial charge is 0.234 e. The molecule has 18 heavy (non-hydrogen) atoms. The summed E-state index contributed by atoms with van der Waals surface area (Å²) >= 11 is 1.48. The van der Waals surface area contributed by atoms with E-state index in [-0.39, 0.29) is 17.4 Å². The lowest BCUT2D eigenvalue weighted by atomic mass is 10.1. The predicted octanol–water partition coefficient (Wildman–Crippen LogP) is 0.965. The molecule has 1 atom stereocenters. The molecule has 1 aliphatic carbocycles. The molecule has 2 aromatic rings. The molecule has 0 N–H and O–H groups in total. The van der Waals surface area contributed by atoms with Crippen LogP contribution >= 0.6 is 11.3 Å². The maximum atomic E-state index is 11.5. The highest BCUT2D eigenvalue weighted by Crippen LogP contribution is 2.40. The SMILES string of the molecule is O=S1(=O)CC[C@@H](c2nn3c(C4CC4)nnc3s2)C1. The molecule has 8 heteroatoms. The van der Waals surface area contributed by atoms with Gasteiger partial charge in [-0.15, -0.1) is 10.2 Å². The molecule has 96 valence electrons. The number of nitrogens with zero attached hydrogens (tertiary/aromatic N) is 4. The summed E-state index contributed by atoms with van der Waals surface area (Å²) in [6, 6.07) is 0. The second-order valence-corrected chi connectivity index (χ2v) is 8.28. The molecule has 0 aromatic carbocycles. The van der Waals surface area contributed by atoms with E-state index in [0.29, 0.717) is 12.3 Å². The fraction of sp³-hybridized carbons (Fsp3) is 0.700. The van der Waals surface area contributed by atoms with Crippen LogP contribution in [0.25, 0.3) is 4.96 Å². The van der Waals surface area contributed by atoms with E-state index in [2.05, 4.69) is 15.3 Å². The van der Waals surface area contributed by atoms with Gasteiger partial charge in [-0.1, -0.05) is 11.3 Å². The van der Waals surface area contributed by atoms with Crippen LogP contribution in [0.15, 0.2) is 0 Å². The van der Waals surface area contributed by atoms with E-state index < -0.39 is 9.84 Å². The van der Waals surface area contributed by atoms with Crippen molar-refractivity contribution in [3.63, 3.8) is 0 Å². The van der Waals surface area contributed by atoms with Gasteiger partial charge in [-0.25, -0.2) is 8.42 Å². The smallest absolute Gasteiger partial charge is 0.229 e. The third-order valence-corrected chi connectivity index (χ3v) is 6.38. The Balaban J connectivity index is 1.73. The normalized spacial score (nSPS) is 27.0. The summed E-state index contributed by atoms with van der Waals surface area (Å²) in [4.78, 5) is 0.788. The molecule has 2 aliphatic rings. The molecular weight excluding hydrogens is 272 g/mol. The number of sulfone groups is 1. The summed E-state index contributed by atoms with van der Waals surface area (Å²) in [7, 11) is -2.86. The number of hydrogen-bond donors (Lipinski definition) is 0. The van der Waals surface area contributed by atoms with Crippen molar-refractivity contribution in [3.05, 3.63) is 10.8 Å². The minimum Gasteiger partial charge on any atom is -0.229 e. The van der Waals surface area contributed by atoms with Gasteiger partial charge in [0.15, 0.2) is 15.7 Å². The van der Waals surface area contributed by atoms with E-state index in [9.17, 15) is 8.42 Å². The Morgan fingerprint density at radius 1 is 1.17 bits per heavy atom. The molecule has 0 radical (unpaired) electrons. The van der Waals surface area contributed by atoms with Crippen molar-refractivity contribution in [3.8, 4) is 0 Å². The van der Waals surface area contributed by atoms with Crippen LogP contribution in [0.5, 0.6) is 0 Å². The van der Waals surface area contributed by atoms with Crippen LogP contribution < -0.4 is 0 Å². The van der Waals surface area contributed by atoms with Crippen LogP contribution in [0.1, 0.15) is 41.9 Å². The van der Waals surface area contributed by atoms with Crippen LogP contribution in [-0.4, -0.2) is 39.7 Å². The van der Waals surface area contributed by atoms with E-state index in [1.165, 1.54) is 11.3 Å². The Labute approximate surface area is 108 Å². The molecular formula is C10H12N4O2S2. The van der Waals surface area contributed by atoms with Gasteiger partial charge in [-0.3, -0.25) is 0 Å². The Hall–Kier alpha value is -1.02. The monoisotopic (exact) mass is 284 g/mol. The average molecular weight is 284 g/mol. The van der Waals surface area contributed by atoms with Gasteiger partial charge in [0.2, 0.25) is 4.96 Å². The van der Waals surface area contributed by atoms with Crippen molar-refractivity contribution in [2.45, 2.75) is 31.1 Å². The Morgan fingerprint density at radius 2 is 2.00 bits per heavy atom. The first-order valence-electron chi connectivity index (χ1n) is 6.05. The summed E-state index contributed by atoms with van der Waals surface area (Å²) < 4.78 is 24.8. The molecule has 0 unspecified atom stereocenters. The quantitative estimate of drug-likeness (QED) is 0.821. The Kier molecular flexibility index (Phi) is 2.12. The van der Waals surface area contributed by atoms with E-state index in [4.69, 9.17) is 0 Å². The molecule has 1 saturated carbocycles. The number of rotatable bonds is 2. The standard InChI is InChI=1S/C10H12N4O2S2/c15-18(16)4-3-7(5-18)9-13-14-8(6-1-2-6)11-12-10(14)17-9/h6-7H,1-5H2/t7-/m1/s1. The molecule has 4 rings (SSSR count). The summed E-state index contributed by atoms with van der Waals surface area (Å²) in [5.74, 6) is 2.01. The zero-order chi connectivity index (χ0) is 12.3. The first-order valence-corrected chi connectivity index (χ1v) is 8.69. The van der Waals surface area contributed by atoms with Crippen molar-refractivity contribution in [1.82, 2.24) is 19.8 Å². The van der Waals surface area contributed by atoms with Crippen LogP contribution in [0.4, 0.5) is 0 Å². The van der Waals surface area contributed by atoms with Crippen molar-refractivity contribution in [2.24, 2.45) is 0 Å². The molecule has 1 aliphatic heterocycles. The second-order valence-electron chi connectivity index (χ2n) is 5.07. The predicted molar refractivity (Wildman–Crippen MR) is 66.6 cm³/mol. The van der Waals surface area contributed by atoms with Gasteiger partial charge in [-0.2, -0.15) is 9.61 Å². The van der Waals surface area contributed by atoms with Crippen LogP contribution in [-0.2, 0) is 9.84 Å². The molecule has 2 fully saturated rings. The summed E-state index contributed by atoms with van der Waals surface area (Å²) in [6.07, 6.45) is 3.00. The van der Waals surface area contributed by atoms with Gasteiger partial charge in [0, 0.05) is 11.8 Å². The summed E-state index contributed by atoms with van der Waals surface area (Å²) in [5, 5.41) is 13.7. The Morgan fingerprint density at radius 3 is 2.67 bits per heavy atom. The van der Waals surface area contributed by atoms with E-state index in [1.807, 2.05) is 4.52 Å². The lowest BCUT2D eigenvalue weighted by Crippen LogP contribution is -2.04. The third-order valence-electron chi connectivity index (χ3n) is 3.55. The molecule has 0 spiro atoms. The fourth-order valence-electron chi connectivity index (χ4n) is 2.40. The summed E-state index contributed by atoms with van der Waals surface area (Å²) in [6.45, 7) is 0. The van der Waals surface area contributed by atoms with E-state index in [1.54, 1.807) is 0 Å². The maximum Gasteiger partial charge on any atom is 0.234 e. The van der Waals surface area contributed by atoms with Crippen LogP contribution in [0, 0.1) is 0 Å². The number of fused-ring (bicyclic) bond motifs is 1. The van der Waals surface area contributed by atoms with Gasteiger partial charge in [-0.05, 0) is 19.3 Å². The first-order chi connectivity index (χ1) is 8.62. The van der Waals surface area contributed by atoms with Crippen LogP contribution in [0.3, 0.4) is 0 Å². The third kappa shape index (κ3) is 1.66. The lowest BCUT2D eigenvalue weighted by molar-refractivity contribution is 0.601. The van der Waals surface area contributed by atoms with Crippen molar-refractivity contribution < 1.29 is 8.42 Å². The van der Waals surface area contributed by atoms with Gasteiger partial charge in [0.05, 0.1) is 11.5 Å². The molecule has 0 amide bonds. The van der Waals surface area contributed by atoms with Crippen LogP contribution in [0.2, 0.25) is 0 Å². The summed E-state index contributed by atoms with van der Waals surface area (Å²) in [5.41, 5.74) is 0. The number of aromatic nitrogens is 4. The Bertz CT molecular complexity index is 713. The van der Waals surface area contributed by atoms with Crippen molar-refractivity contribution >= 4 is 26.1 Å². The lowest BCUT2D eigenvalue weighted by Gasteiger charge is -2.00. The second kappa shape index (κ2) is 3.51. The first kappa shape index (κ1) is 10.9. The van der Waals surface area contributed by atoms with Gasteiger partial charge < -0.3 is 0 Å². The molecule has 6 nitrogen and oxygen atoms in total. The van der Waals surface area contributed by atoms with E-state index >= 15 is 0 Å². The highest BCUT2D eigenvalue weighted by molar-refractivity contribution is 7.91. The average Bonchev–Trinajstić information content (AvgIpc) is 2.79. The van der Waals surface area contributed by atoms with Crippen molar-refractivity contribution in [1.29, 1.82) is 0 Å². The van der Waals surface area contributed by atoms with E-state index in [0.717, 1.165) is 28.6 Å². The minimum atomic E-state index is -2.86. The van der Waals surface area contributed by atoms with Gasteiger partial charge in [0.1, 0.15) is 5.01 Å². The topological polar surface area (TPSA) is 77.2 Å². The zero-order valence-electron chi connectivity index (χ0n) is 9.61. The molecule has 2 aromatic heterocycles. The molecule has 1 saturated heterocycles. The van der Waals surface area contributed by atoms with Crippen molar-refractivity contribution in [2.75, 3.05) is 11.5 Å². The number of hydrogen-bond acceptors (Lipinski definition) is 6. The van der Waals surface area contributed by atoms with Gasteiger partial charge >= 0.3 is 0 Å². The van der Waals surface area contributed by atoms with Gasteiger partial charge in [0.25, 0.3) is 0 Å². The maximum absolute atomic E-state index is 11.5. The highest BCUT2D eigenvalue weighted by Gasteiger charge is 2.34. The fourth-order valence-corrected chi connectivity index (χ4v) is 5.23. The molecule has 0 bridgehead atoms. The minimum absolute atomic E-state index is 0.0498.